The Morgan fingerprint density at radius 3 is 2.58 bits per heavy atom. The molecule has 0 unspecified atom stereocenters. The average molecular weight is 340 g/mol. The highest BCUT2D eigenvalue weighted by Gasteiger charge is 2.35. The number of carbonyl (C=O) groups is 4. The lowest BCUT2D eigenvalue weighted by molar-refractivity contribution is -0.143. The summed E-state index contributed by atoms with van der Waals surface area (Å²) in [6.07, 6.45) is 2.84. The molecule has 9 heteroatoms. The third-order valence-corrected chi connectivity index (χ3v) is 4.40. The number of carboxylic acid groups (broad SMARTS) is 1. The van der Waals surface area contributed by atoms with Crippen molar-refractivity contribution >= 4 is 23.7 Å². The standard InChI is InChI=1S/C15H24N4O5/c1-9(15(23)24)18-14(22)11-5-3-7-19(11)12(20)8-17-13(21)10-4-2-6-16-10/h9-11,16H,2-8H2,1H3,(H,17,21)(H,18,22)(H,23,24)/t9-,10-,11-/m0/s1. The van der Waals surface area contributed by atoms with Crippen LogP contribution in [0, 0.1) is 0 Å². The molecule has 2 saturated heterocycles. The van der Waals surface area contributed by atoms with Gasteiger partial charge >= 0.3 is 5.97 Å². The molecule has 24 heavy (non-hydrogen) atoms. The van der Waals surface area contributed by atoms with Crippen LogP contribution in [0.15, 0.2) is 0 Å². The van der Waals surface area contributed by atoms with Gasteiger partial charge in [-0.1, -0.05) is 0 Å². The number of hydrogen-bond donors (Lipinski definition) is 4. The number of likely N-dealkylation sites (tertiary alicyclic amines) is 1. The zero-order valence-electron chi connectivity index (χ0n) is 13.7. The van der Waals surface area contributed by atoms with Crippen LogP contribution in [-0.4, -0.2) is 71.5 Å². The smallest absolute Gasteiger partial charge is 0.325 e. The second-order valence-electron chi connectivity index (χ2n) is 6.18. The van der Waals surface area contributed by atoms with Crippen LogP contribution >= 0.6 is 0 Å². The first-order chi connectivity index (χ1) is 11.4. The molecule has 4 N–H and O–H groups in total. The summed E-state index contributed by atoms with van der Waals surface area (Å²) in [5, 5.41) is 16.9. The second kappa shape index (κ2) is 8.09. The number of carboxylic acids is 1. The first kappa shape index (κ1) is 18.2. The molecule has 0 aliphatic carbocycles. The Morgan fingerprint density at radius 1 is 1.21 bits per heavy atom. The zero-order valence-corrected chi connectivity index (χ0v) is 13.7. The SMILES string of the molecule is C[C@H](NC(=O)[C@@H]1CCCN1C(=O)CNC(=O)[C@@H]1CCCN1)C(=O)O. The number of aliphatic carboxylic acids is 1. The summed E-state index contributed by atoms with van der Waals surface area (Å²) in [7, 11) is 0. The lowest BCUT2D eigenvalue weighted by Crippen LogP contribution is -2.52. The maximum absolute atomic E-state index is 12.3. The van der Waals surface area contributed by atoms with Crippen LogP contribution in [0.2, 0.25) is 0 Å². The molecule has 0 radical (unpaired) electrons. The van der Waals surface area contributed by atoms with E-state index in [4.69, 9.17) is 5.11 Å². The molecule has 2 aliphatic rings. The van der Waals surface area contributed by atoms with Gasteiger partial charge in [0, 0.05) is 6.54 Å². The van der Waals surface area contributed by atoms with Crippen LogP contribution < -0.4 is 16.0 Å². The van der Waals surface area contributed by atoms with E-state index in [0.717, 1.165) is 19.4 Å². The lowest BCUT2D eigenvalue weighted by atomic mass is 10.2. The number of hydrogen-bond acceptors (Lipinski definition) is 5. The summed E-state index contributed by atoms with van der Waals surface area (Å²) in [4.78, 5) is 48.6. The number of carbonyl (C=O) groups excluding carboxylic acids is 3. The minimum Gasteiger partial charge on any atom is -0.480 e. The summed E-state index contributed by atoms with van der Waals surface area (Å²) in [5.74, 6) is -2.14. The molecule has 0 aromatic rings. The normalized spacial score (nSPS) is 24.5. The predicted octanol–water partition coefficient (Wildman–Crippen LogP) is -1.57. The van der Waals surface area contributed by atoms with Crippen LogP contribution in [0.3, 0.4) is 0 Å². The first-order valence-electron chi connectivity index (χ1n) is 8.24. The molecule has 3 atom stereocenters. The molecular formula is C15H24N4O5. The third kappa shape index (κ3) is 4.44. The molecule has 0 bridgehead atoms. The molecule has 3 amide bonds. The van der Waals surface area contributed by atoms with E-state index in [1.165, 1.54) is 11.8 Å². The molecule has 2 fully saturated rings. The largest absolute Gasteiger partial charge is 0.480 e. The maximum Gasteiger partial charge on any atom is 0.325 e. The van der Waals surface area contributed by atoms with E-state index in [1.807, 2.05) is 0 Å². The molecule has 2 aliphatic heterocycles. The fourth-order valence-corrected chi connectivity index (χ4v) is 3.00. The average Bonchev–Trinajstić information content (AvgIpc) is 3.22. The van der Waals surface area contributed by atoms with Gasteiger partial charge in [0.15, 0.2) is 0 Å². The quantitative estimate of drug-likeness (QED) is 0.463. The van der Waals surface area contributed by atoms with Crippen LogP contribution in [0.4, 0.5) is 0 Å². The Balaban J connectivity index is 1.84. The van der Waals surface area contributed by atoms with E-state index in [1.54, 1.807) is 0 Å². The number of amides is 3. The fourth-order valence-electron chi connectivity index (χ4n) is 3.00. The van der Waals surface area contributed by atoms with Gasteiger partial charge in [-0.25, -0.2) is 0 Å². The molecule has 134 valence electrons. The lowest BCUT2D eigenvalue weighted by Gasteiger charge is -2.25. The third-order valence-electron chi connectivity index (χ3n) is 4.40. The van der Waals surface area contributed by atoms with E-state index >= 15 is 0 Å². The molecule has 0 saturated carbocycles. The van der Waals surface area contributed by atoms with Crippen molar-refractivity contribution in [1.29, 1.82) is 0 Å². The van der Waals surface area contributed by atoms with Gasteiger partial charge in [0.25, 0.3) is 0 Å². The summed E-state index contributed by atoms with van der Waals surface area (Å²) in [5.41, 5.74) is 0. The molecule has 0 aromatic heterocycles. The molecular weight excluding hydrogens is 316 g/mol. The minimum absolute atomic E-state index is 0.157. The van der Waals surface area contributed by atoms with Crippen molar-refractivity contribution in [3.05, 3.63) is 0 Å². The summed E-state index contributed by atoms with van der Waals surface area (Å²) >= 11 is 0. The van der Waals surface area contributed by atoms with Crippen LogP contribution in [0.5, 0.6) is 0 Å². The number of nitrogens with zero attached hydrogens (tertiary/aromatic N) is 1. The van der Waals surface area contributed by atoms with Crippen molar-refractivity contribution in [3.8, 4) is 0 Å². The van der Waals surface area contributed by atoms with Gasteiger partial charge in [-0.05, 0) is 39.2 Å². The van der Waals surface area contributed by atoms with Gasteiger partial charge in [0.1, 0.15) is 12.1 Å². The van der Waals surface area contributed by atoms with E-state index in [-0.39, 0.29) is 24.4 Å². The summed E-state index contributed by atoms with van der Waals surface area (Å²) in [6.45, 7) is 2.43. The van der Waals surface area contributed by atoms with Gasteiger partial charge in [-0.2, -0.15) is 0 Å². The fraction of sp³-hybridized carbons (Fsp3) is 0.733. The Hall–Kier alpha value is -2.16. The highest BCUT2D eigenvalue weighted by molar-refractivity contribution is 5.92. The van der Waals surface area contributed by atoms with Crippen LogP contribution in [0.1, 0.15) is 32.6 Å². The zero-order chi connectivity index (χ0) is 17.7. The summed E-state index contributed by atoms with van der Waals surface area (Å²) in [6, 6.07) is -1.95. The van der Waals surface area contributed by atoms with Crippen molar-refractivity contribution in [1.82, 2.24) is 20.9 Å². The minimum atomic E-state index is -1.13. The Kier molecular flexibility index (Phi) is 6.13. The second-order valence-corrected chi connectivity index (χ2v) is 6.18. The topological polar surface area (TPSA) is 128 Å². The molecule has 2 heterocycles. The van der Waals surface area contributed by atoms with Crippen molar-refractivity contribution in [2.45, 2.75) is 50.7 Å². The maximum atomic E-state index is 12.3. The monoisotopic (exact) mass is 340 g/mol. The van der Waals surface area contributed by atoms with Crippen LogP contribution in [-0.2, 0) is 19.2 Å². The van der Waals surface area contributed by atoms with Crippen molar-refractivity contribution in [2.24, 2.45) is 0 Å². The highest BCUT2D eigenvalue weighted by Crippen LogP contribution is 2.17. The Morgan fingerprint density at radius 2 is 1.96 bits per heavy atom. The van der Waals surface area contributed by atoms with Crippen molar-refractivity contribution in [2.75, 3.05) is 19.6 Å². The molecule has 0 aromatic carbocycles. The Bertz CT molecular complexity index is 518. The summed E-state index contributed by atoms with van der Waals surface area (Å²) < 4.78 is 0. The van der Waals surface area contributed by atoms with Crippen molar-refractivity contribution in [3.63, 3.8) is 0 Å². The predicted molar refractivity (Wildman–Crippen MR) is 84.0 cm³/mol. The molecule has 0 spiro atoms. The Labute approximate surface area is 140 Å². The number of nitrogens with one attached hydrogen (secondary N) is 3. The number of rotatable bonds is 6. The van der Waals surface area contributed by atoms with Crippen LogP contribution in [0.25, 0.3) is 0 Å². The van der Waals surface area contributed by atoms with Gasteiger partial charge in [-0.15, -0.1) is 0 Å². The molecule has 9 nitrogen and oxygen atoms in total. The first-order valence-corrected chi connectivity index (χ1v) is 8.24. The van der Waals surface area contributed by atoms with E-state index in [2.05, 4.69) is 16.0 Å². The van der Waals surface area contributed by atoms with E-state index in [0.29, 0.717) is 19.4 Å². The van der Waals surface area contributed by atoms with E-state index < -0.39 is 24.0 Å². The van der Waals surface area contributed by atoms with Gasteiger partial charge in [0.05, 0.1) is 12.6 Å². The van der Waals surface area contributed by atoms with E-state index in [9.17, 15) is 19.2 Å². The van der Waals surface area contributed by atoms with Gasteiger partial charge < -0.3 is 26.0 Å². The highest BCUT2D eigenvalue weighted by atomic mass is 16.4. The van der Waals surface area contributed by atoms with Crippen molar-refractivity contribution < 1.29 is 24.3 Å². The van der Waals surface area contributed by atoms with Gasteiger partial charge in [0.2, 0.25) is 17.7 Å². The van der Waals surface area contributed by atoms with Gasteiger partial charge in [-0.3, -0.25) is 19.2 Å². The molecule has 2 rings (SSSR count).